The van der Waals surface area contributed by atoms with Gasteiger partial charge in [0.2, 0.25) is 0 Å². The highest BCUT2D eigenvalue weighted by atomic mass is 35.5. The van der Waals surface area contributed by atoms with Crippen LogP contribution in [0, 0.1) is 24.1 Å². The third-order valence-corrected chi connectivity index (χ3v) is 4.82. The lowest BCUT2D eigenvalue weighted by Crippen LogP contribution is -2.21. The Morgan fingerprint density at radius 1 is 1.09 bits per heavy atom. The summed E-state index contributed by atoms with van der Waals surface area (Å²) in [7, 11) is 0. The predicted molar refractivity (Wildman–Crippen MR) is 118 cm³/mol. The van der Waals surface area contributed by atoms with E-state index in [1.807, 2.05) is 0 Å². The first-order chi connectivity index (χ1) is 15.7. The van der Waals surface area contributed by atoms with Crippen molar-refractivity contribution >= 4 is 34.9 Å². The number of nitrogens with one attached hydrogen (secondary N) is 1. The minimum Gasteiger partial charge on any atom is -0.483 e. The van der Waals surface area contributed by atoms with Gasteiger partial charge in [0.05, 0.1) is 22.8 Å². The van der Waals surface area contributed by atoms with Crippen LogP contribution in [0.4, 0.5) is 10.1 Å². The van der Waals surface area contributed by atoms with Crippen molar-refractivity contribution in [2.75, 3.05) is 11.9 Å². The van der Waals surface area contributed by atoms with Gasteiger partial charge in [0.25, 0.3) is 5.91 Å². The van der Waals surface area contributed by atoms with Crippen molar-refractivity contribution in [3.8, 4) is 11.8 Å². The van der Waals surface area contributed by atoms with Gasteiger partial charge in [-0.2, -0.15) is 5.26 Å². The second-order valence-corrected chi connectivity index (χ2v) is 7.42. The van der Waals surface area contributed by atoms with Crippen molar-refractivity contribution < 1.29 is 28.6 Å². The monoisotopic (exact) mass is 466 g/mol. The molecule has 7 nitrogen and oxygen atoms in total. The Hall–Kier alpha value is -4.22. The molecule has 1 amide bonds. The molecule has 0 bridgehead atoms. The summed E-state index contributed by atoms with van der Waals surface area (Å²) >= 11 is 6.01. The molecule has 3 aromatic rings. The van der Waals surface area contributed by atoms with Crippen LogP contribution in [0.5, 0.6) is 5.75 Å². The average molecular weight is 467 g/mol. The molecule has 3 rings (SSSR count). The highest BCUT2D eigenvalue weighted by Crippen LogP contribution is 2.26. The minimum atomic E-state index is -1.08. The Morgan fingerprint density at radius 3 is 2.52 bits per heavy atom. The van der Waals surface area contributed by atoms with E-state index in [-0.39, 0.29) is 33.0 Å². The maximum atomic E-state index is 13.8. The Labute approximate surface area is 193 Å². The van der Waals surface area contributed by atoms with E-state index in [1.165, 1.54) is 42.5 Å². The minimum absolute atomic E-state index is 0.00761. The number of halogens is 2. The Bertz CT molecular complexity index is 1320. The van der Waals surface area contributed by atoms with Gasteiger partial charge in [-0.25, -0.2) is 9.18 Å². The molecule has 0 atom stereocenters. The van der Waals surface area contributed by atoms with Crippen LogP contribution in [0.3, 0.4) is 0 Å². The number of nitrogens with zero attached hydrogens (tertiary/aromatic N) is 1. The molecule has 0 fully saturated rings. The summed E-state index contributed by atoms with van der Waals surface area (Å²) in [5, 5.41) is 20.9. The van der Waals surface area contributed by atoms with E-state index < -0.39 is 30.1 Å². The van der Waals surface area contributed by atoms with Gasteiger partial charge >= 0.3 is 5.97 Å². The molecule has 0 aliphatic carbocycles. The van der Waals surface area contributed by atoms with Crippen molar-refractivity contribution in [3.63, 3.8) is 0 Å². The molecule has 2 N–H and O–H groups in total. The van der Waals surface area contributed by atoms with Crippen LogP contribution in [0.15, 0.2) is 54.6 Å². The first-order valence-electron chi connectivity index (χ1n) is 9.49. The average Bonchev–Trinajstić information content (AvgIpc) is 2.78. The molecule has 0 radical (unpaired) electrons. The molecule has 0 saturated heterocycles. The third-order valence-electron chi connectivity index (χ3n) is 4.58. The number of amides is 1. The van der Waals surface area contributed by atoms with Crippen molar-refractivity contribution in [2.45, 2.75) is 6.92 Å². The highest BCUT2D eigenvalue weighted by molar-refractivity contribution is 6.31. The molecule has 166 valence electrons. The second-order valence-electron chi connectivity index (χ2n) is 6.98. The van der Waals surface area contributed by atoms with Crippen LogP contribution < -0.4 is 10.1 Å². The number of carboxylic acid groups (broad SMARTS) is 1. The number of carbonyl (C=O) groups excluding carboxylic acids is 2. The third kappa shape index (κ3) is 5.73. The lowest BCUT2D eigenvalue weighted by atomic mass is 10.0. The molecule has 0 saturated carbocycles. The van der Waals surface area contributed by atoms with E-state index >= 15 is 0 Å². The molecule has 0 aliphatic heterocycles. The van der Waals surface area contributed by atoms with Gasteiger partial charge in [0.15, 0.2) is 12.4 Å². The SMILES string of the molecule is Cc1cc(C(=O)O)ccc1NC(=O)COc1ccc(Cl)cc1C(=O)c1cc(F)cc(C#N)c1. The van der Waals surface area contributed by atoms with Gasteiger partial charge in [0, 0.05) is 16.3 Å². The maximum Gasteiger partial charge on any atom is 0.335 e. The maximum absolute atomic E-state index is 13.8. The molecular formula is C24H16ClFN2O5. The number of nitriles is 1. The van der Waals surface area contributed by atoms with Gasteiger partial charge in [-0.15, -0.1) is 0 Å². The summed E-state index contributed by atoms with van der Waals surface area (Å²) in [5.74, 6) is -2.97. The lowest BCUT2D eigenvalue weighted by Gasteiger charge is -2.13. The van der Waals surface area contributed by atoms with Gasteiger partial charge in [-0.05, 0) is 67.1 Å². The molecule has 0 unspecified atom stereocenters. The Kier molecular flexibility index (Phi) is 7.06. The smallest absolute Gasteiger partial charge is 0.335 e. The Morgan fingerprint density at radius 2 is 1.85 bits per heavy atom. The summed E-state index contributed by atoms with van der Waals surface area (Å²) < 4.78 is 19.3. The van der Waals surface area contributed by atoms with Gasteiger partial charge < -0.3 is 15.2 Å². The van der Waals surface area contributed by atoms with Crippen LogP contribution in [-0.4, -0.2) is 29.4 Å². The largest absolute Gasteiger partial charge is 0.483 e. The van der Waals surface area contributed by atoms with Crippen molar-refractivity contribution in [3.05, 3.63) is 93.3 Å². The molecule has 0 aliphatic rings. The zero-order chi connectivity index (χ0) is 24.1. The summed E-state index contributed by atoms with van der Waals surface area (Å²) in [6.07, 6.45) is 0. The van der Waals surface area contributed by atoms with Crippen LogP contribution in [0.25, 0.3) is 0 Å². The van der Waals surface area contributed by atoms with E-state index in [1.54, 1.807) is 13.0 Å². The number of anilines is 1. The van der Waals surface area contributed by atoms with E-state index in [4.69, 9.17) is 26.7 Å². The number of aryl methyl sites for hydroxylation is 1. The highest BCUT2D eigenvalue weighted by Gasteiger charge is 2.18. The standard InChI is InChI=1S/C24H16ClFN2O5/c1-13-6-15(24(31)32)2-4-20(13)28-22(29)12-33-21-5-3-17(25)10-19(21)23(30)16-7-14(11-27)8-18(26)9-16/h2-10H,12H2,1H3,(H,28,29)(H,31,32). The number of ketones is 1. The molecule has 3 aromatic carbocycles. The van der Waals surface area contributed by atoms with Crippen LogP contribution in [0.2, 0.25) is 5.02 Å². The first-order valence-corrected chi connectivity index (χ1v) is 9.87. The second kappa shape index (κ2) is 9.94. The molecule has 0 spiro atoms. The molecule has 0 aromatic heterocycles. The van der Waals surface area contributed by atoms with E-state index in [0.29, 0.717) is 11.3 Å². The van der Waals surface area contributed by atoms with Gasteiger partial charge in [-0.1, -0.05) is 11.6 Å². The number of aromatic carboxylic acids is 1. The van der Waals surface area contributed by atoms with Gasteiger partial charge in [0.1, 0.15) is 11.6 Å². The summed E-state index contributed by atoms with van der Waals surface area (Å²) in [6, 6.07) is 13.4. The van der Waals surface area contributed by atoms with E-state index in [0.717, 1.165) is 12.1 Å². The number of benzene rings is 3. The number of hydrogen-bond acceptors (Lipinski definition) is 5. The van der Waals surface area contributed by atoms with E-state index in [9.17, 15) is 18.8 Å². The van der Waals surface area contributed by atoms with Crippen molar-refractivity contribution in [1.29, 1.82) is 5.26 Å². The fraction of sp³-hybridized carbons (Fsp3) is 0.0833. The lowest BCUT2D eigenvalue weighted by molar-refractivity contribution is -0.118. The molecular weight excluding hydrogens is 451 g/mol. The van der Waals surface area contributed by atoms with Crippen molar-refractivity contribution in [1.82, 2.24) is 0 Å². The van der Waals surface area contributed by atoms with Crippen LogP contribution in [0.1, 0.15) is 37.4 Å². The van der Waals surface area contributed by atoms with Crippen molar-refractivity contribution in [2.24, 2.45) is 0 Å². The zero-order valence-electron chi connectivity index (χ0n) is 17.2. The first kappa shape index (κ1) is 23.4. The number of carboxylic acids is 1. The number of ether oxygens (including phenoxy) is 1. The summed E-state index contributed by atoms with van der Waals surface area (Å²) in [4.78, 5) is 36.3. The summed E-state index contributed by atoms with van der Waals surface area (Å²) in [6.45, 7) is 1.18. The number of carbonyl (C=O) groups is 3. The molecule has 0 heterocycles. The normalized spacial score (nSPS) is 10.2. The Balaban J connectivity index is 1.78. The quantitative estimate of drug-likeness (QED) is 0.491. The zero-order valence-corrected chi connectivity index (χ0v) is 17.9. The van der Waals surface area contributed by atoms with Gasteiger partial charge in [-0.3, -0.25) is 9.59 Å². The predicted octanol–water partition coefficient (Wildman–Crippen LogP) is 4.61. The number of hydrogen-bond donors (Lipinski definition) is 2. The van der Waals surface area contributed by atoms with Crippen LogP contribution >= 0.6 is 11.6 Å². The number of rotatable bonds is 7. The van der Waals surface area contributed by atoms with Crippen LogP contribution in [-0.2, 0) is 4.79 Å². The molecule has 33 heavy (non-hydrogen) atoms. The fourth-order valence-electron chi connectivity index (χ4n) is 3.01. The molecule has 9 heteroatoms. The summed E-state index contributed by atoms with van der Waals surface area (Å²) in [5.41, 5.74) is 0.938. The van der Waals surface area contributed by atoms with E-state index in [2.05, 4.69) is 5.32 Å². The topological polar surface area (TPSA) is 116 Å². The fourth-order valence-corrected chi connectivity index (χ4v) is 3.18.